The highest BCUT2D eigenvalue weighted by molar-refractivity contribution is 5.82. The van der Waals surface area contributed by atoms with Crippen LogP contribution in [0, 0.1) is 23.4 Å². The van der Waals surface area contributed by atoms with E-state index in [0.717, 1.165) is 12.1 Å². The van der Waals surface area contributed by atoms with E-state index in [2.05, 4.69) is 5.32 Å². The first-order valence-electron chi connectivity index (χ1n) is 9.86. The quantitative estimate of drug-likeness (QED) is 0.802. The van der Waals surface area contributed by atoms with Gasteiger partial charge >= 0.3 is 0 Å². The molecule has 0 bridgehead atoms. The van der Waals surface area contributed by atoms with Crippen molar-refractivity contribution in [2.24, 2.45) is 5.92 Å². The zero-order valence-corrected chi connectivity index (χ0v) is 15.9. The normalized spacial score (nSPS) is 21.9. The SMILES string of the molecule is O=C(NCc1ccc(N2CCC(O)CC2)c(F)c1)C1CC1c1ccc(F)c(F)c1. The summed E-state index contributed by atoms with van der Waals surface area (Å²) in [5.74, 6) is -2.72. The third kappa shape index (κ3) is 4.40. The van der Waals surface area contributed by atoms with Crippen molar-refractivity contribution < 1.29 is 23.1 Å². The third-order valence-corrected chi connectivity index (χ3v) is 5.78. The van der Waals surface area contributed by atoms with E-state index in [4.69, 9.17) is 0 Å². The number of benzene rings is 2. The lowest BCUT2D eigenvalue weighted by molar-refractivity contribution is -0.122. The van der Waals surface area contributed by atoms with E-state index in [1.807, 2.05) is 4.90 Å². The summed E-state index contributed by atoms with van der Waals surface area (Å²) < 4.78 is 40.9. The molecule has 154 valence electrons. The molecular formula is C22H23F3N2O2. The Labute approximate surface area is 167 Å². The predicted molar refractivity (Wildman–Crippen MR) is 103 cm³/mol. The van der Waals surface area contributed by atoms with E-state index in [0.29, 0.717) is 49.2 Å². The number of piperidine rings is 1. The number of carbonyl (C=O) groups excluding carboxylic acids is 1. The van der Waals surface area contributed by atoms with Gasteiger partial charge in [-0.15, -0.1) is 0 Å². The van der Waals surface area contributed by atoms with Crippen LogP contribution in [0.5, 0.6) is 0 Å². The maximum atomic E-state index is 14.5. The Morgan fingerprint density at radius 1 is 1.03 bits per heavy atom. The Kier molecular flexibility index (Phi) is 5.50. The third-order valence-electron chi connectivity index (χ3n) is 5.78. The Balaban J connectivity index is 1.32. The Morgan fingerprint density at radius 2 is 1.79 bits per heavy atom. The van der Waals surface area contributed by atoms with Gasteiger partial charge in [0.1, 0.15) is 5.82 Å². The van der Waals surface area contributed by atoms with Crippen LogP contribution in [0.4, 0.5) is 18.9 Å². The summed E-state index contributed by atoms with van der Waals surface area (Å²) in [5, 5.41) is 12.4. The molecule has 1 saturated carbocycles. The van der Waals surface area contributed by atoms with Crippen LogP contribution in [0.3, 0.4) is 0 Å². The monoisotopic (exact) mass is 404 g/mol. The standard InChI is InChI=1S/C22H23F3N2O2/c23-18-3-2-14(10-19(18)24)16-11-17(16)22(29)26-12-13-1-4-21(20(25)9-13)27-7-5-15(28)6-8-27/h1-4,9-10,15-17,28H,5-8,11-12H2,(H,26,29). The van der Waals surface area contributed by atoms with Crippen molar-refractivity contribution in [2.75, 3.05) is 18.0 Å². The Morgan fingerprint density at radius 3 is 2.48 bits per heavy atom. The van der Waals surface area contributed by atoms with Gasteiger partial charge in [-0.05, 0) is 60.6 Å². The van der Waals surface area contributed by atoms with Crippen molar-refractivity contribution >= 4 is 11.6 Å². The molecule has 0 aromatic heterocycles. The fraction of sp³-hybridized carbons (Fsp3) is 0.409. The molecule has 1 amide bonds. The van der Waals surface area contributed by atoms with Gasteiger partial charge < -0.3 is 15.3 Å². The van der Waals surface area contributed by atoms with Crippen molar-refractivity contribution in [1.29, 1.82) is 0 Å². The van der Waals surface area contributed by atoms with Gasteiger partial charge in [-0.1, -0.05) is 12.1 Å². The summed E-state index contributed by atoms with van der Waals surface area (Å²) in [6.07, 6.45) is 1.52. The first kappa shape index (κ1) is 19.8. The van der Waals surface area contributed by atoms with Crippen LogP contribution in [-0.2, 0) is 11.3 Å². The van der Waals surface area contributed by atoms with Crippen molar-refractivity contribution in [3.05, 3.63) is 65.0 Å². The van der Waals surface area contributed by atoms with Crippen LogP contribution in [0.25, 0.3) is 0 Å². The van der Waals surface area contributed by atoms with Gasteiger partial charge in [0, 0.05) is 25.6 Å². The highest BCUT2D eigenvalue weighted by Crippen LogP contribution is 2.47. The molecule has 2 atom stereocenters. The lowest BCUT2D eigenvalue weighted by Gasteiger charge is -2.31. The molecule has 0 radical (unpaired) electrons. The number of aliphatic hydroxyl groups is 1. The molecule has 2 N–H and O–H groups in total. The first-order chi connectivity index (χ1) is 13.9. The zero-order valence-electron chi connectivity index (χ0n) is 15.9. The second-order valence-corrected chi connectivity index (χ2v) is 7.84. The molecule has 1 aliphatic carbocycles. The zero-order chi connectivity index (χ0) is 20.5. The fourth-order valence-electron chi connectivity index (χ4n) is 3.94. The highest BCUT2D eigenvalue weighted by Gasteiger charge is 2.44. The van der Waals surface area contributed by atoms with E-state index >= 15 is 0 Å². The number of nitrogens with zero attached hydrogens (tertiary/aromatic N) is 1. The summed E-state index contributed by atoms with van der Waals surface area (Å²) in [6, 6.07) is 8.62. The molecule has 4 nitrogen and oxygen atoms in total. The number of nitrogens with one attached hydrogen (secondary N) is 1. The molecule has 2 aliphatic rings. The number of carbonyl (C=O) groups is 1. The van der Waals surface area contributed by atoms with E-state index in [9.17, 15) is 23.1 Å². The Bertz CT molecular complexity index is 913. The topological polar surface area (TPSA) is 52.6 Å². The highest BCUT2D eigenvalue weighted by atomic mass is 19.2. The number of amides is 1. The molecule has 1 heterocycles. The minimum atomic E-state index is -0.910. The second-order valence-electron chi connectivity index (χ2n) is 7.84. The van der Waals surface area contributed by atoms with Crippen molar-refractivity contribution in [1.82, 2.24) is 5.32 Å². The molecule has 1 aliphatic heterocycles. The van der Waals surface area contributed by atoms with Gasteiger partial charge in [0.2, 0.25) is 5.91 Å². The van der Waals surface area contributed by atoms with Gasteiger partial charge in [0.05, 0.1) is 11.8 Å². The van der Waals surface area contributed by atoms with Gasteiger partial charge in [-0.2, -0.15) is 0 Å². The first-order valence-corrected chi connectivity index (χ1v) is 9.86. The molecule has 29 heavy (non-hydrogen) atoms. The minimum Gasteiger partial charge on any atom is -0.393 e. The fourth-order valence-corrected chi connectivity index (χ4v) is 3.94. The molecule has 2 aromatic rings. The summed E-state index contributed by atoms with van der Waals surface area (Å²) in [6.45, 7) is 1.43. The largest absolute Gasteiger partial charge is 0.393 e. The molecule has 7 heteroatoms. The van der Waals surface area contributed by atoms with Crippen LogP contribution in [0.15, 0.2) is 36.4 Å². The predicted octanol–water partition coefficient (Wildman–Crippen LogP) is 3.48. The van der Waals surface area contributed by atoms with Gasteiger partial charge in [-0.25, -0.2) is 13.2 Å². The molecule has 0 spiro atoms. The lowest BCUT2D eigenvalue weighted by Crippen LogP contribution is -2.36. The molecule has 1 saturated heterocycles. The average Bonchev–Trinajstić information content (AvgIpc) is 3.50. The maximum Gasteiger partial charge on any atom is 0.224 e. The van der Waals surface area contributed by atoms with Crippen molar-refractivity contribution in [3.8, 4) is 0 Å². The van der Waals surface area contributed by atoms with Gasteiger partial charge in [0.15, 0.2) is 11.6 Å². The van der Waals surface area contributed by atoms with E-state index in [-0.39, 0.29) is 36.2 Å². The number of anilines is 1. The number of rotatable bonds is 5. The summed E-state index contributed by atoms with van der Waals surface area (Å²) >= 11 is 0. The smallest absolute Gasteiger partial charge is 0.224 e. The van der Waals surface area contributed by atoms with E-state index < -0.39 is 11.6 Å². The molecule has 2 fully saturated rings. The Hall–Kier alpha value is -2.54. The van der Waals surface area contributed by atoms with Crippen LogP contribution < -0.4 is 10.2 Å². The number of hydrogen-bond donors (Lipinski definition) is 2. The molecule has 4 rings (SSSR count). The van der Waals surface area contributed by atoms with Crippen LogP contribution in [0.1, 0.15) is 36.3 Å². The lowest BCUT2D eigenvalue weighted by atomic mass is 10.1. The summed E-state index contributed by atoms with van der Waals surface area (Å²) in [5.41, 5.74) is 1.78. The van der Waals surface area contributed by atoms with Crippen molar-refractivity contribution in [2.45, 2.75) is 37.8 Å². The number of aliphatic hydroxyl groups excluding tert-OH is 1. The second kappa shape index (κ2) is 8.06. The van der Waals surface area contributed by atoms with E-state index in [1.54, 1.807) is 12.1 Å². The number of hydrogen-bond acceptors (Lipinski definition) is 3. The summed E-state index contributed by atoms with van der Waals surface area (Å²) in [4.78, 5) is 14.3. The van der Waals surface area contributed by atoms with Crippen LogP contribution in [-0.4, -0.2) is 30.2 Å². The average molecular weight is 404 g/mol. The maximum absolute atomic E-state index is 14.5. The molecular weight excluding hydrogens is 381 g/mol. The van der Waals surface area contributed by atoms with Gasteiger partial charge in [0.25, 0.3) is 0 Å². The van der Waals surface area contributed by atoms with Gasteiger partial charge in [-0.3, -0.25) is 4.79 Å². The van der Waals surface area contributed by atoms with Crippen molar-refractivity contribution in [3.63, 3.8) is 0 Å². The van der Waals surface area contributed by atoms with Crippen LogP contribution >= 0.6 is 0 Å². The molecule has 2 aromatic carbocycles. The van der Waals surface area contributed by atoms with E-state index in [1.165, 1.54) is 12.1 Å². The summed E-state index contributed by atoms with van der Waals surface area (Å²) in [7, 11) is 0. The molecule has 2 unspecified atom stereocenters. The minimum absolute atomic E-state index is 0.112. The van der Waals surface area contributed by atoms with Crippen LogP contribution in [0.2, 0.25) is 0 Å². The number of halogens is 3.